The fourth-order valence-electron chi connectivity index (χ4n) is 2.24. The molecule has 19 heavy (non-hydrogen) atoms. The molecule has 1 atom stereocenters. The van der Waals surface area contributed by atoms with Gasteiger partial charge in [-0.1, -0.05) is 42.8 Å². The lowest BCUT2D eigenvalue weighted by Gasteiger charge is -2.22. The molecule has 3 heteroatoms. The van der Waals surface area contributed by atoms with Gasteiger partial charge in [-0.25, -0.2) is 4.39 Å². The molecule has 1 aromatic rings. The maximum Gasteiger partial charge on any atom is 0.124 e. The molecule has 0 aliphatic heterocycles. The Balaban J connectivity index is 2.42. The topological polar surface area (TPSA) is 12.0 Å². The van der Waals surface area contributed by atoms with Crippen molar-refractivity contribution in [1.82, 2.24) is 5.32 Å². The zero-order chi connectivity index (χ0) is 14.3. The molecule has 0 amide bonds. The van der Waals surface area contributed by atoms with Crippen molar-refractivity contribution >= 4 is 15.9 Å². The minimum Gasteiger partial charge on any atom is -0.314 e. The summed E-state index contributed by atoms with van der Waals surface area (Å²) in [6.45, 7) is 7.81. The van der Waals surface area contributed by atoms with Crippen molar-refractivity contribution in [1.29, 1.82) is 0 Å². The zero-order valence-corrected chi connectivity index (χ0v) is 13.8. The maximum absolute atomic E-state index is 13.0. The smallest absolute Gasteiger partial charge is 0.124 e. The maximum atomic E-state index is 13.0. The van der Waals surface area contributed by atoms with E-state index in [0.29, 0.717) is 12.0 Å². The second kappa shape index (κ2) is 8.70. The lowest BCUT2D eigenvalue weighted by atomic mass is 9.96. The molecule has 0 radical (unpaired) electrons. The van der Waals surface area contributed by atoms with Gasteiger partial charge in [0.25, 0.3) is 0 Å². The molecule has 0 aromatic heterocycles. The van der Waals surface area contributed by atoms with Gasteiger partial charge in [0.05, 0.1) is 0 Å². The average Bonchev–Trinajstić information content (AvgIpc) is 2.35. The summed E-state index contributed by atoms with van der Waals surface area (Å²) in [6, 6.07) is 5.54. The summed E-state index contributed by atoms with van der Waals surface area (Å²) in [5.41, 5.74) is 1.19. The Hall–Kier alpha value is -0.410. The van der Waals surface area contributed by atoms with Crippen molar-refractivity contribution in [3.63, 3.8) is 0 Å². The monoisotopic (exact) mass is 329 g/mol. The second-order valence-corrected chi connectivity index (χ2v) is 6.29. The summed E-state index contributed by atoms with van der Waals surface area (Å²) in [7, 11) is 0. The number of benzene rings is 1. The number of halogens is 2. The van der Waals surface area contributed by atoms with E-state index in [1.807, 2.05) is 6.07 Å². The molecule has 0 heterocycles. The van der Waals surface area contributed by atoms with Gasteiger partial charge in [-0.05, 0) is 55.8 Å². The van der Waals surface area contributed by atoms with Crippen molar-refractivity contribution in [3.05, 3.63) is 34.1 Å². The Morgan fingerprint density at radius 2 is 2.05 bits per heavy atom. The van der Waals surface area contributed by atoms with Crippen LogP contribution < -0.4 is 5.32 Å². The highest BCUT2D eigenvalue weighted by atomic mass is 79.9. The van der Waals surface area contributed by atoms with Gasteiger partial charge < -0.3 is 5.32 Å². The van der Waals surface area contributed by atoms with Gasteiger partial charge in [0.15, 0.2) is 0 Å². The minimum absolute atomic E-state index is 0.180. The van der Waals surface area contributed by atoms with Gasteiger partial charge in [0.1, 0.15) is 5.82 Å². The van der Waals surface area contributed by atoms with Gasteiger partial charge in [-0.15, -0.1) is 0 Å². The summed E-state index contributed by atoms with van der Waals surface area (Å²) < 4.78 is 13.9. The highest BCUT2D eigenvalue weighted by molar-refractivity contribution is 9.10. The molecule has 0 spiro atoms. The Morgan fingerprint density at radius 1 is 1.32 bits per heavy atom. The van der Waals surface area contributed by atoms with E-state index in [2.05, 4.69) is 42.0 Å². The number of rotatable bonds is 8. The average molecular weight is 330 g/mol. The van der Waals surface area contributed by atoms with Gasteiger partial charge >= 0.3 is 0 Å². The van der Waals surface area contributed by atoms with Crippen LogP contribution in [0.3, 0.4) is 0 Å². The van der Waals surface area contributed by atoms with E-state index in [1.165, 1.54) is 24.5 Å². The highest BCUT2D eigenvalue weighted by Crippen LogP contribution is 2.21. The zero-order valence-electron chi connectivity index (χ0n) is 12.2. The van der Waals surface area contributed by atoms with Crippen LogP contribution in [0.15, 0.2) is 22.7 Å². The summed E-state index contributed by atoms with van der Waals surface area (Å²) in [5, 5.41) is 3.61. The van der Waals surface area contributed by atoms with E-state index in [-0.39, 0.29) is 5.82 Å². The molecular formula is C16H25BrFN. The van der Waals surface area contributed by atoms with Crippen LogP contribution in [0, 0.1) is 11.7 Å². The largest absolute Gasteiger partial charge is 0.314 e. The third kappa shape index (κ3) is 6.05. The molecule has 0 saturated heterocycles. The molecule has 0 bridgehead atoms. The van der Waals surface area contributed by atoms with Crippen LogP contribution in [0.1, 0.15) is 45.6 Å². The predicted molar refractivity (Wildman–Crippen MR) is 84.0 cm³/mol. The van der Waals surface area contributed by atoms with Gasteiger partial charge in [-0.3, -0.25) is 0 Å². The van der Waals surface area contributed by atoms with Crippen LogP contribution in [0.5, 0.6) is 0 Å². The number of nitrogens with one attached hydrogen (secondary N) is 1. The Bertz CT molecular complexity index is 379. The number of hydrogen-bond donors (Lipinski definition) is 1. The van der Waals surface area contributed by atoms with Gasteiger partial charge in [0, 0.05) is 10.5 Å². The molecular weight excluding hydrogens is 305 g/mol. The van der Waals surface area contributed by atoms with Gasteiger partial charge in [0.2, 0.25) is 0 Å². The SMILES string of the molecule is CCCNC(CCCc1ccc(F)cc1Br)C(C)C. The predicted octanol–water partition coefficient (Wildman–Crippen LogP) is 4.94. The molecule has 0 aliphatic rings. The molecule has 1 aromatic carbocycles. The van der Waals surface area contributed by atoms with Crippen LogP contribution >= 0.6 is 15.9 Å². The molecule has 1 rings (SSSR count). The molecule has 108 valence electrons. The van der Waals surface area contributed by atoms with Crippen LogP contribution in [0.25, 0.3) is 0 Å². The van der Waals surface area contributed by atoms with Gasteiger partial charge in [-0.2, -0.15) is 0 Å². The van der Waals surface area contributed by atoms with E-state index in [1.54, 1.807) is 6.07 Å². The third-order valence-corrected chi connectivity index (χ3v) is 4.18. The van der Waals surface area contributed by atoms with Crippen molar-refractivity contribution < 1.29 is 4.39 Å². The quantitative estimate of drug-likeness (QED) is 0.712. The highest BCUT2D eigenvalue weighted by Gasteiger charge is 2.12. The lowest BCUT2D eigenvalue weighted by Crippen LogP contribution is -2.34. The first-order valence-corrected chi connectivity index (χ1v) is 8.01. The van der Waals surface area contributed by atoms with Crippen LogP contribution in [0.4, 0.5) is 4.39 Å². The fraction of sp³-hybridized carbons (Fsp3) is 0.625. The molecule has 1 N–H and O–H groups in total. The van der Waals surface area contributed by atoms with Crippen LogP contribution in [-0.4, -0.2) is 12.6 Å². The molecule has 1 nitrogen and oxygen atoms in total. The molecule has 0 saturated carbocycles. The summed E-state index contributed by atoms with van der Waals surface area (Å²) in [5.74, 6) is 0.475. The Labute approximate surface area is 125 Å². The third-order valence-electron chi connectivity index (χ3n) is 3.44. The van der Waals surface area contributed by atoms with Crippen LogP contribution in [0.2, 0.25) is 0 Å². The van der Waals surface area contributed by atoms with E-state index in [9.17, 15) is 4.39 Å². The van der Waals surface area contributed by atoms with E-state index in [0.717, 1.165) is 23.9 Å². The van der Waals surface area contributed by atoms with Crippen molar-refractivity contribution in [2.75, 3.05) is 6.54 Å². The van der Waals surface area contributed by atoms with Crippen molar-refractivity contribution in [2.24, 2.45) is 5.92 Å². The second-order valence-electron chi connectivity index (χ2n) is 5.43. The first-order valence-electron chi connectivity index (χ1n) is 7.22. The Morgan fingerprint density at radius 3 is 2.63 bits per heavy atom. The summed E-state index contributed by atoms with van der Waals surface area (Å²) in [4.78, 5) is 0. The fourth-order valence-corrected chi connectivity index (χ4v) is 2.79. The lowest BCUT2D eigenvalue weighted by molar-refractivity contribution is 0.370. The van der Waals surface area contributed by atoms with Crippen LogP contribution in [-0.2, 0) is 6.42 Å². The molecule has 0 aliphatic carbocycles. The van der Waals surface area contributed by atoms with Crippen molar-refractivity contribution in [3.8, 4) is 0 Å². The molecule has 0 fully saturated rings. The van der Waals surface area contributed by atoms with Crippen molar-refractivity contribution in [2.45, 2.75) is 52.5 Å². The Kier molecular flexibility index (Phi) is 7.62. The van der Waals surface area contributed by atoms with E-state index < -0.39 is 0 Å². The first kappa shape index (κ1) is 16.6. The standard InChI is InChI=1S/C16H25BrFN/c1-4-10-19-16(12(2)3)7-5-6-13-8-9-14(18)11-15(13)17/h8-9,11-12,16,19H,4-7,10H2,1-3H3. The van der Waals surface area contributed by atoms with E-state index >= 15 is 0 Å². The minimum atomic E-state index is -0.180. The normalized spacial score (nSPS) is 12.9. The first-order chi connectivity index (χ1) is 9.04. The summed E-state index contributed by atoms with van der Waals surface area (Å²) in [6.07, 6.45) is 4.47. The molecule has 1 unspecified atom stereocenters. The number of aryl methyl sites for hydroxylation is 1. The van der Waals surface area contributed by atoms with E-state index in [4.69, 9.17) is 0 Å². The summed E-state index contributed by atoms with van der Waals surface area (Å²) >= 11 is 3.43. The number of hydrogen-bond acceptors (Lipinski definition) is 1.